The van der Waals surface area contributed by atoms with Crippen LogP contribution in [0.1, 0.15) is 5.56 Å². The highest BCUT2D eigenvalue weighted by Crippen LogP contribution is 2.20. The molecule has 17 heavy (non-hydrogen) atoms. The van der Waals surface area contributed by atoms with Gasteiger partial charge in [0.1, 0.15) is 5.75 Å². The molecule has 1 rings (SSSR count). The van der Waals surface area contributed by atoms with Gasteiger partial charge in [0.05, 0.1) is 6.54 Å². The molecule has 1 aromatic rings. The molecule has 1 aromatic carbocycles. The van der Waals surface area contributed by atoms with E-state index in [2.05, 4.69) is 0 Å². The molecule has 5 heteroatoms. The van der Waals surface area contributed by atoms with Gasteiger partial charge in [-0.3, -0.25) is 9.69 Å². The fraction of sp³-hybridized carbons (Fsp3) is 0.417. The van der Waals surface area contributed by atoms with Gasteiger partial charge in [-0.1, -0.05) is 0 Å². The summed E-state index contributed by atoms with van der Waals surface area (Å²) in [7, 11) is 5.26. The molecule has 0 heterocycles. The number of hydrogen-bond acceptors (Lipinski definition) is 4. The van der Waals surface area contributed by atoms with Gasteiger partial charge in [0.15, 0.2) is 0 Å². The van der Waals surface area contributed by atoms with Gasteiger partial charge >= 0.3 is 0 Å². The number of rotatable bonds is 4. The van der Waals surface area contributed by atoms with Crippen LogP contribution < -0.4 is 5.73 Å². The molecule has 0 aliphatic rings. The van der Waals surface area contributed by atoms with E-state index in [-0.39, 0.29) is 11.7 Å². The Balaban J connectivity index is 2.64. The molecule has 0 atom stereocenters. The zero-order valence-electron chi connectivity index (χ0n) is 10.5. The molecular formula is C12H19N3O2. The number of benzene rings is 1. The molecule has 0 aliphatic carbocycles. The van der Waals surface area contributed by atoms with Gasteiger partial charge < -0.3 is 15.7 Å². The van der Waals surface area contributed by atoms with Crippen molar-refractivity contribution >= 4 is 11.6 Å². The van der Waals surface area contributed by atoms with E-state index in [9.17, 15) is 9.90 Å². The van der Waals surface area contributed by atoms with Crippen LogP contribution in [0.4, 0.5) is 5.69 Å². The van der Waals surface area contributed by atoms with Crippen molar-refractivity contribution in [1.29, 1.82) is 0 Å². The number of nitrogens with two attached hydrogens (primary N) is 1. The normalized spacial score (nSPS) is 10.6. The second kappa shape index (κ2) is 5.54. The average molecular weight is 237 g/mol. The number of nitrogens with zero attached hydrogens (tertiary/aromatic N) is 2. The SMILES string of the molecule is CN(CC(=O)N(C)C)Cc1cc(N)ccc1O. The highest BCUT2D eigenvalue weighted by molar-refractivity contribution is 5.77. The standard InChI is InChI=1S/C12H19N3O2/c1-14(2)12(17)8-15(3)7-9-6-10(13)4-5-11(9)16/h4-6,16H,7-8,13H2,1-3H3. The molecule has 5 nitrogen and oxygen atoms in total. The predicted molar refractivity (Wildman–Crippen MR) is 67.5 cm³/mol. The maximum atomic E-state index is 11.5. The molecule has 0 aliphatic heterocycles. The third-order valence-corrected chi connectivity index (χ3v) is 2.45. The lowest BCUT2D eigenvalue weighted by molar-refractivity contribution is -0.129. The summed E-state index contributed by atoms with van der Waals surface area (Å²) in [5.41, 5.74) is 6.97. The highest BCUT2D eigenvalue weighted by atomic mass is 16.3. The van der Waals surface area contributed by atoms with Crippen LogP contribution in [-0.2, 0) is 11.3 Å². The first-order valence-corrected chi connectivity index (χ1v) is 5.36. The van der Waals surface area contributed by atoms with Crippen LogP contribution in [0.25, 0.3) is 0 Å². The van der Waals surface area contributed by atoms with E-state index in [1.807, 2.05) is 11.9 Å². The number of phenols is 1. The minimum atomic E-state index is 0.0240. The molecule has 0 saturated carbocycles. The van der Waals surface area contributed by atoms with Crippen molar-refractivity contribution in [3.8, 4) is 5.75 Å². The van der Waals surface area contributed by atoms with E-state index in [4.69, 9.17) is 5.73 Å². The second-order valence-corrected chi connectivity index (χ2v) is 4.35. The number of anilines is 1. The van der Waals surface area contributed by atoms with Gasteiger partial charge in [0.2, 0.25) is 5.91 Å². The van der Waals surface area contributed by atoms with Gasteiger partial charge in [-0.2, -0.15) is 0 Å². The fourth-order valence-corrected chi connectivity index (χ4v) is 1.45. The van der Waals surface area contributed by atoms with Crippen LogP contribution in [0, 0.1) is 0 Å². The van der Waals surface area contributed by atoms with Crippen molar-refractivity contribution in [3.63, 3.8) is 0 Å². The van der Waals surface area contributed by atoms with E-state index < -0.39 is 0 Å². The summed E-state index contributed by atoms with van der Waals surface area (Å²) in [6.45, 7) is 0.789. The molecule has 0 fully saturated rings. The zero-order valence-corrected chi connectivity index (χ0v) is 10.5. The minimum absolute atomic E-state index is 0.0240. The Morgan fingerprint density at radius 1 is 1.35 bits per heavy atom. The molecule has 0 radical (unpaired) electrons. The smallest absolute Gasteiger partial charge is 0.236 e. The average Bonchev–Trinajstić information content (AvgIpc) is 2.23. The second-order valence-electron chi connectivity index (χ2n) is 4.35. The van der Waals surface area contributed by atoms with Crippen LogP contribution in [0.3, 0.4) is 0 Å². The van der Waals surface area contributed by atoms with E-state index in [1.54, 1.807) is 32.3 Å². The van der Waals surface area contributed by atoms with Crippen molar-refractivity contribution < 1.29 is 9.90 Å². The van der Waals surface area contributed by atoms with Crippen LogP contribution in [0.15, 0.2) is 18.2 Å². The summed E-state index contributed by atoms with van der Waals surface area (Å²) in [5.74, 6) is 0.222. The van der Waals surface area contributed by atoms with E-state index >= 15 is 0 Å². The quantitative estimate of drug-likeness (QED) is 0.591. The number of likely N-dealkylation sites (N-methyl/N-ethyl adjacent to an activating group) is 2. The number of carbonyl (C=O) groups excluding carboxylic acids is 1. The molecular weight excluding hydrogens is 218 g/mol. The van der Waals surface area contributed by atoms with Crippen LogP contribution in [0.5, 0.6) is 5.75 Å². The van der Waals surface area contributed by atoms with Crippen molar-refractivity contribution in [3.05, 3.63) is 23.8 Å². The first-order valence-electron chi connectivity index (χ1n) is 5.36. The predicted octanol–water partition coefficient (Wildman–Crippen LogP) is 0.494. The Kier molecular flexibility index (Phi) is 4.34. The summed E-state index contributed by atoms with van der Waals surface area (Å²) in [4.78, 5) is 14.9. The third-order valence-electron chi connectivity index (χ3n) is 2.45. The summed E-state index contributed by atoms with van der Waals surface area (Å²) >= 11 is 0. The number of aromatic hydroxyl groups is 1. The molecule has 1 amide bonds. The lowest BCUT2D eigenvalue weighted by atomic mass is 10.1. The van der Waals surface area contributed by atoms with Crippen LogP contribution >= 0.6 is 0 Å². The van der Waals surface area contributed by atoms with Crippen molar-refractivity contribution in [1.82, 2.24) is 9.80 Å². The largest absolute Gasteiger partial charge is 0.508 e. The molecule has 3 N–H and O–H groups in total. The van der Waals surface area contributed by atoms with Crippen LogP contribution in [0.2, 0.25) is 0 Å². The van der Waals surface area contributed by atoms with Crippen LogP contribution in [-0.4, -0.2) is 48.5 Å². The van der Waals surface area contributed by atoms with Gasteiger partial charge in [-0.05, 0) is 25.2 Å². The lowest BCUT2D eigenvalue weighted by Crippen LogP contribution is -2.34. The first kappa shape index (κ1) is 13.3. The Labute approximate surface area is 101 Å². The Bertz CT molecular complexity index is 405. The van der Waals surface area contributed by atoms with E-state index in [0.717, 1.165) is 5.56 Å². The van der Waals surface area contributed by atoms with Gasteiger partial charge in [-0.15, -0.1) is 0 Å². The van der Waals surface area contributed by atoms with Crippen molar-refractivity contribution in [2.75, 3.05) is 33.4 Å². The molecule has 94 valence electrons. The number of phenolic OH excluding ortho intramolecular Hbond substituents is 1. The molecule has 0 saturated heterocycles. The van der Waals surface area contributed by atoms with Gasteiger partial charge in [-0.25, -0.2) is 0 Å². The number of amides is 1. The zero-order chi connectivity index (χ0) is 13.0. The summed E-state index contributed by atoms with van der Waals surface area (Å²) in [5, 5.41) is 9.65. The van der Waals surface area contributed by atoms with Gasteiger partial charge in [0, 0.05) is 31.9 Å². The monoisotopic (exact) mass is 237 g/mol. The highest BCUT2D eigenvalue weighted by Gasteiger charge is 2.10. The number of nitrogen functional groups attached to an aromatic ring is 1. The maximum absolute atomic E-state index is 11.5. The molecule has 0 aromatic heterocycles. The third kappa shape index (κ3) is 3.96. The Morgan fingerprint density at radius 2 is 2.00 bits per heavy atom. The Hall–Kier alpha value is -1.75. The van der Waals surface area contributed by atoms with Crippen molar-refractivity contribution in [2.45, 2.75) is 6.54 Å². The molecule has 0 bridgehead atoms. The summed E-state index contributed by atoms with van der Waals surface area (Å²) < 4.78 is 0. The van der Waals surface area contributed by atoms with Gasteiger partial charge in [0.25, 0.3) is 0 Å². The summed E-state index contributed by atoms with van der Waals surface area (Å²) in [6, 6.07) is 4.92. The topological polar surface area (TPSA) is 69.8 Å². The molecule has 0 spiro atoms. The van der Waals surface area contributed by atoms with Crippen molar-refractivity contribution in [2.24, 2.45) is 0 Å². The number of carbonyl (C=O) groups is 1. The first-order chi connectivity index (χ1) is 7.90. The maximum Gasteiger partial charge on any atom is 0.236 e. The van der Waals surface area contributed by atoms with E-state index in [1.165, 1.54) is 4.90 Å². The lowest BCUT2D eigenvalue weighted by Gasteiger charge is -2.19. The fourth-order valence-electron chi connectivity index (χ4n) is 1.45. The Morgan fingerprint density at radius 3 is 2.59 bits per heavy atom. The van der Waals surface area contributed by atoms with E-state index in [0.29, 0.717) is 18.8 Å². The summed E-state index contributed by atoms with van der Waals surface area (Å²) in [6.07, 6.45) is 0. The number of hydrogen-bond donors (Lipinski definition) is 2. The minimum Gasteiger partial charge on any atom is -0.508 e. The molecule has 0 unspecified atom stereocenters.